The Kier molecular flexibility index (Phi) is 5.16. The van der Waals surface area contributed by atoms with Crippen molar-refractivity contribution in [1.29, 1.82) is 0 Å². The normalized spacial score (nSPS) is 13.8. The molecule has 1 fully saturated rings. The van der Waals surface area contributed by atoms with Crippen LogP contribution in [0, 0.1) is 5.82 Å². The SMILES string of the molecule is COc1ccc(CN(C)C(=O)c2cccnc2N2CCCC2)cc1F. The number of methoxy groups -OCH3 is 1. The lowest BCUT2D eigenvalue weighted by Crippen LogP contribution is -2.29. The van der Waals surface area contributed by atoms with E-state index in [1.54, 1.807) is 42.4 Å². The quantitative estimate of drug-likeness (QED) is 0.837. The van der Waals surface area contributed by atoms with Gasteiger partial charge in [0.05, 0.1) is 12.7 Å². The Morgan fingerprint density at radius 2 is 2.08 bits per heavy atom. The number of anilines is 1. The van der Waals surface area contributed by atoms with Crippen molar-refractivity contribution in [3.8, 4) is 5.75 Å². The molecule has 0 bridgehead atoms. The first kappa shape index (κ1) is 17.2. The molecule has 3 rings (SSSR count). The molecule has 2 aromatic rings. The van der Waals surface area contributed by atoms with Crippen molar-refractivity contribution >= 4 is 11.7 Å². The van der Waals surface area contributed by atoms with Crippen LogP contribution in [0.5, 0.6) is 5.75 Å². The topological polar surface area (TPSA) is 45.7 Å². The number of aromatic nitrogens is 1. The molecule has 132 valence electrons. The summed E-state index contributed by atoms with van der Waals surface area (Å²) < 4.78 is 18.8. The van der Waals surface area contributed by atoms with Crippen LogP contribution in [0.1, 0.15) is 28.8 Å². The molecule has 0 spiro atoms. The average molecular weight is 343 g/mol. The largest absolute Gasteiger partial charge is 0.494 e. The predicted octanol–water partition coefficient (Wildman–Crippen LogP) is 3.10. The van der Waals surface area contributed by atoms with Gasteiger partial charge < -0.3 is 14.5 Å². The van der Waals surface area contributed by atoms with Crippen LogP contribution in [0.4, 0.5) is 10.2 Å². The number of benzene rings is 1. The maximum atomic E-state index is 13.8. The van der Waals surface area contributed by atoms with Gasteiger partial charge in [-0.1, -0.05) is 6.07 Å². The molecular weight excluding hydrogens is 321 g/mol. The van der Waals surface area contributed by atoms with E-state index in [4.69, 9.17) is 4.74 Å². The Morgan fingerprint density at radius 1 is 1.32 bits per heavy atom. The molecule has 1 aromatic carbocycles. The minimum Gasteiger partial charge on any atom is -0.494 e. The van der Waals surface area contributed by atoms with Crippen LogP contribution in [0.3, 0.4) is 0 Å². The van der Waals surface area contributed by atoms with E-state index in [0.717, 1.165) is 31.7 Å². The molecule has 25 heavy (non-hydrogen) atoms. The third-order valence-corrected chi connectivity index (χ3v) is 4.41. The van der Waals surface area contributed by atoms with Gasteiger partial charge in [0.15, 0.2) is 11.6 Å². The van der Waals surface area contributed by atoms with Crippen LogP contribution in [0.15, 0.2) is 36.5 Å². The van der Waals surface area contributed by atoms with E-state index in [9.17, 15) is 9.18 Å². The number of nitrogens with zero attached hydrogens (tertiary/aromatic N) is 3. The van der Waals surface area contributed by atoms with Gasteiger partial charge >= 0.3 is 0 Å². The molecule has 0 saturated carbocycles. The highest BCUT2D eigenvalue weighted by Gasteiger charge is 2.22. The first-order valence-corrected chi connectivity index (χ1v) is 8.38. The van der Waals surface area contributed by atoms with Crippen LogP contribution >= 0.6 is 0 Å². The maximum Gasteiger partial charge on any atom is 0.257 e. The summed E-state index contributed by atoms with van der Waals surface area (Å²) in [5, 5.41) is 0. The highest BCUT2D eigenvalue weighted by Crippen LogP contribution is 2.24. The predicted molar refractivity (Wildman–Crippen MR) is 94.4 cm³/mol. The number of carbonyl (C=O) groups excluding carboxylic acids is 1. The van der Waals surface area contributed by atoms with Crippen molar-refractivity contribution in [2.75, 3.05) is 32.1 Å². The second kappa shape index (κ2) is 7.51. The van der Waals surface area contributed by atoms with Crippen molar-refractivity contribution in [3.05, 3.63) is 53.5 Å². The lowest BCUT2D eigenvalue weighted by atomic mass is 10.1. The van der Waals surface area contributed by atoms with Crippen molar-refractivity contribution in [1.82, 2.24) is 9.88 Å². The Balaban J connectivity index is 1.78. The van der Waals surface area contributed by atoms with Crippen molar-refractivity contribution in [2.45, 2.75) is 19.4 Å². The number of rotatable bonds is 5. The summed E-state index contributed by atoms with van der Waals surface area (Å²) in [4.78, 5) is 21.0. The average Bonchev–Trinajstić information content (AvgIpc) is 3.16. The highest BCUT2D eigenvalue weighted by atomic mass is 19.1. The van der Waals surface area contributed by atoms with Gasteiger partial charge in [0.25, 0.3) is 5.91 Å². The van der Waals surface area contributed by atoms with Gasteiger partial charge in [-0.2, -0.15) is 0 Å². The fourth-order valence-electron chi connectivity index (χ4n) is 3.10. The van der Waals surface area contributed by atoms with E-state index in [-0.39, 0.29) is 11.7 Å². The molecule has 2 heterocycles. The highest BCUT2D eigenvalue weighted by molar-refractivity contribution is 5.98. The van der Waals surface area contributed by atoms with Crippen LogP contribution in [-0.4, -0.2) is 43.0 Å². The molecule has 5 nitrogen and oxygen atoms in total. The summed E-state index contributed by atoms with van der Waals surface area (Å²) in [6, 6.07) is 8.30. The third kappa shape index (κ3) is 3.73. The molecular formula is C19H22FN3O2. The van der Waals surface area contributed by atoms with Gasteiger partial charge in [-0.05, 0) is 42.7 Å². The summed E-state index contributed by atoms with van der Waals surface area (Å²) in [6.45, 7) is 2.16. The summed E-state index contributed by atoms with van der Waals surface area (Å²) in [5.41, 5.74) is 1.29. The zero-order chi connectivity index (χ0) is 17.8. The molecule has 0 aliphatic carbocycles. The smallest absolute Gasteiger partial charge is 0.257 e. The van der Waals surface area contributed by atoms with E-state index < -0.39 is 5.82 Å². The molecule has 0 N–H and O–H groups in total. The van der Waals surface area contributed by atoms with Crippen molar-refractivity contribution in [2.24, 2.45) is 0 Å². The van der Waals surface area contributed by atoms with Gasteiger partial charge in [-0.3, -0.25) is 4.79 Å². The Labute approximate surface area is 147 Å². The number of amides is 1. The van der Waals surface area contributed by atoms with Crippen LogP contribution < -0.4 is 9.64 Å². The molecule has 1 aromatic heterocycles. The minimum atomic E-state index is -0.431. The second-order valence-corrected chi connectivity index (χ2v) is 6.20. The van der Waals surface area contributed by atoms with E-state index in [1.165, 1.54) is 13.2 Å². The van der Waals surface area contributed by atoms with Gasteiger partial charge in [0, 0.05) is 32.9 Å². The Morgan fingerprint density at radius 3 is 2.76 bits per heavy atom. The maximum absolute atomic E-state index is 13.8. The summed E-state index contributed by atoms with van der Waals surface area (Å²) in [7, 11) is 3.14. The van der Waals surface area contributed by atoms with Crippen LogP contribution in [-0.2, 0) is 6.54 Å². The zero-order valence-electron chi connectivity index (χ0n) is 14.5. The first-order valence-electron chi connectivity index (χ1n) is 8.38. The van der Waals surface area contributed by atoms with Crippen molar-refractivity contribution in [3.63, 3.8) is 0 Å². The number of halogens is 1. The lowest BCUT2D eigenvalue weighted by Gasteiger charge is -2.23. The molecule has 0 atom stereocenters. The Hall–Kier alpha value is -2.63. The number of carbonyl (C=O) groups is 1. The molecule has 1 aliphatic heterocycles. The first-order chi connectivity index (χ1) is 12.1. The van der Waals surface area contributed by atoms with Crippen LogP contribution in [0.2, 0.25) is 0 Å². The zero-order valence-corrected chi connectivity index (χ0v) is 14.5. The number of pyridine rings is 1. The van der Waals surface area contributed by atoms with E-state index in [1.807, 2.05) is 0 Å². The summed E-state index contributed by atoms with van der Waals surface area (Å²) >= 11 is 0. The standard InChI is InChI=1S/C19H22FN3O2/c1-22(13-14-7-8-17(25-2)16(20)12-14)19(24)15-6-5-9-21-18(15)23-10-3-4-11-23/h5-9,12H,3-4,10-11,13H2,1-2H3. The second-order valence-electron chi connectivity index (χ2n) is 6.20. The van der Waals surface area contributed by atoms with Gasteiger partial charge in [-0.25, -0.2) is 9.37 Å². The van der Waals surface area contributed by atoms with E-state index in [2.05, 4.69) is 9.88 Å². The number of hydrogen-bond acceptors (Lipinski definition) is 4. The third-order valence-electron chi connectivity index (χ3n) is 4.41. The molecule has 1 amide bonds. The van der Waals surface area contributed by atoms with E-state index in [0.29, 0.717) is 17.7 Å². The van der Waals surface area contributed by atoms with Gasteiger partial charge in [0.1, 0.15) is 5.82 Å². The molecule has 0 unspecified atom stereocenters. The minimum absolute atomic E-state index is 0.119. The summed E-state index contributed by atoms with van der Waals surface area (Å²) in [6.07, 6.45) is 3.94. The van der Waals surface area contributed by atoms with E-state index >= 15 is 0 Å². The fourth-order valence-corrected chi connectivity index (χ4v) is 3.10. The molecule has 1 aliphatic rings. The van der Waals surface area contributed by atoms with Crippen molar-refractivity contribution < 1.29 is 13.9 Å². The fraction of sp³-hybridized carbons (Fsp3) is 0.368. The van der Waals surface area contributed by atoms with Crippen LogP contribution in [0.25, 0.3) is 0 Å². The van der Waals surface area contributed by atoms with Gasteiger partial charge in [0.2, 0.25) is 0 Å². The Bertz CT molecular complexity index is 760. The monoisotopic (exact) mass is 343 g/mol. The summed E-state index contributed by atoms with van der Waals surface area (Å²) in [5.74, 6) is 0.380. The molecule has 0 radical (unpaired) electrons. The molecule has 1 saturated heterocycles. The van der Waals surface area contributed by atoms with Gasteiger partial charge in [-0.15, -0.1) is 0 Å². The number of ether oxygens (including phenoxy) is 1. The number of hydrogen-bond donors (Lipinski definition) is 0. The lowest BCUT2D eigenvalue weighted by molar-refractivity contribution is 0.0785. The molecule has 6 heteroatoms.